The largest absolute Gasteiger partial charge is 0.392 e. The van der Waals surface area contributed by atoms with E-state index in [1.807, 2.05) is 21.6 Å². The van der Waals surface area contributed by atoms with Crippen molar-refractivity contribution in [1.82, 2.24) is 0 Å². The maximum atomic E-state index is 9.89. The summed E-state index contributed by atoms with van der Waals surface area (Å²) in [7, 11) is 3.78. The highest BCUT2D eigenvalue weighted by Gasteiger charge is 2.16. The van der Waals surface area contributed by atoms with Crippen LogP contribution in [0.1, 0.15) is 85.5 Å². The van der Waals surface area contributed by atoms with Crippen LogP contribution in [0, 0.1) is 5.41 Å². The van der Waals surface area contributed by atoms with E-state index in [1.165, 1.54) is 57.1 Å². The second-order valence-electron chi connectivity index (χ2n) is 7.00. The zero-order valence-electron chi connectivity index (χ0n) is 14.1. The van der Waals surface area contributed by atoms with Crippen LogP contribution in [0.25, 0.3) is 0 Å². The molecule has 0 saturated carbocycles. The second-order valence-corrected chi connectivity index (χ2v) is 9.63. The lowest BCUT2D eigenvalue weighted by Gasteiger charge is -2.21. The Bertz CT molecular complexity index is 202. The molecule has 3 heteroatoms. The first-order valence-electron chi connectivity index (χ1n) is 8.38. The van der Waals surface area contributed by atoms with Gasteiger partial charge in [-0.3, -0.25) is 0 Å². The lowest BCUT2D eigenvalue weighted by molar-refractivity contribution is 0.142. The predicted octanol–water partition coefficient (Wildman–Crippen LogP) is 6.31. The lowest BCUT2D eigenvalue weighted by atomic mass is 9.90. The Morgan fingerprint density at radius 2 is 1.40 bits per heavy atom. The molecular weight excluding hydrogens is 284 g/mol. The molecule has 0 aromatic carbocycles. The maximum absolute atomic E-state index is 9.89. The number of hydrogen-bond acceptors (Lipinski definition) is 3. The fourth-order valence-electron chi connectivity index (χ4n) is 2.25. The SMILES string of the molecule is CCCCCCCCCCSSCC(O)CC(C)(C)C. The van der Waals surface area contributed by atoms with Gasteiger partial charge < -0.3 is 5.11 Å². The van der Waals surface area contributed by atoms with Crippen LogP contribution in [0.2, 0.25) is 0 Å². The summed E-state index contributed by atoms with van der Waals surface area (Å²) in [6, 6.07) is 0. The van der Waals surface area contributed by atoms with Gasteiger partial charge in [0.25, 0.3) is 0 Å². The van der Waals surface area contributed by atoms with E-state index < -0.39 is 0 Å². The van der Waals surface area contributed by atoms with E-state index in [9.17, 15) is 5.11 Å². The molecule has 0 aliphatic carbocycles. The molecule has 0 rings (SSSR count). The summed E-state index contributed by atoms with van der Waals surface area (Å²) < 4.78 is 0. The van der Waals surface area contributed by atoms with E-state index in [-0.39, 0.29) is 11.5 Å². The van der Waals surface area contributed by atoms with E-state index in [1.54, 1.807) is 0 Å². The molecule has 0 aliphatic heterocycles. The van der Waals surface area contributed by atoms with Crippen molar-refractivity contribution in [3.05, 3.63) is 0 Å². The first kappa shape index (κ1) is 20.7. The molecule has 20 heavy (non-hydrogen) atoms. The van der Waals surface area contributed by atoms with Crippen molar-refractivity contribution in [2.75, 3.05) is 11.5 Å². The van der Waals surface area contributed by atoms with Crippen LogP contribution in [0.15, 0.2) is 0 Å². The van der Waals surface area contributed by atoms with Crippen molar-refractivity contribution in [2.45, 2.75) is 91.6 Å². The standard InChI is InChI=1S/C17H36OS2/c1-5-6-7-8-9-10-11-12-13-19-20-15-16(18)14-17(2,3)4/h16,18H,5-15H2,1-4H3. The van der Waals surface area contributed by atoms with Gasteiger partial charge >= 0.3 is 0 Å². The van der Waals surface area contributed by atoms with Crippen molar-refractivity contribution in [2.24, 2.45) is 5.41 Å². The molecular formula is C17H36OS2. The van der Waals surface area contributed by atoms with E-state index >= 15 is 0 Å². The van der Waals surface area contributed by atoms with Gasteiger partial charge in [0.05, 0.1) is 6.10 Å². The van der Waals surface area contributed by atoms with Crippen molar-refractivity contribution < 1.29 is 5.11 Å². The van der Waals surface area contributed by atoms with Gasteiger partial charge in [0.2, 0.25) is 0 Å². The number of aliphatic hydroxyl groups excluding tert-OH is 1. The average Bonchev–Trinajstić information content (AvgIpc) is 2.34. The molecule has 0 radical (unpaired) electrons. The summed E-state index contributed by atoms with van der Waals surface area (Å²) in [4.78, 5) is 0. The first-order valence-corrected chi connectivity index (χ1v) is 10.9. The summed E-state index contributed by atoms with van der Waals surface area (Å²) in [6.45, 7) is 8.84. The molecule has 0 aromatic heterocycles. The Morgan fingerprint density at radius 3 is 1.95 bits per heavy atom. The molecule has 0 saturated heterocycles. The van der Waals surface area contributed by atoms with E-state index in [4.69, 9.17) is 0 Å². The molecule has 0 aromatic rings. The van der Waals surface area contributed by atoms with Crippen LogP contribution < -0.4 is 0 Å². The zero-order chi connectivity index (χ0) is 15.3. The van der Waals surface area contributed by atoms with Gasteiger partial charge in [-0.05, 0) is 18.3 Å². The topological polar surface area (TPSA) is 20.2 Å². The molecule has 0 amide bonds. The third-order valence-corrected chi connectivity index (χ3v) is 5.82. The Morgan fingerprint density at radius 1 is 0.850 bits per heavy atom. The van der Waals surface area contributed by atoms with E-state index in [0.29, 0.717) is 0 Å². The Balaban J connectivity index is 3.17. The van der Waals surface area contributed by atoms with Gasteiger partial charge in [-0.25, -0.2) is 0 Å². The Labute approximate surface area is 135 Å². The number of hydrogen-bond donors (Lipinski definition) is 1. The van der Waals surface area contributed by atoms with Crippen LogP contribution in [0.5, 0.6) is 0 Å². The van der Waals surface area contributed by atoms with Crippen molar-refractivity contribution in [3.8, 4) is 0 Å². The summed E-state index contributed by atoms with van der Waals surface area (Å²) in [6.07, 6.45) is 11.9. The number of rotatable bonds is 13. The summed E-state index contributed by atoms with van der Waals surface area (Å²) in [5.74, 6) is 2.11. The van der Waals surface area contributed by atoms with Crippen LogP contribution in [0.4, 0.5) is 0 Å². The predicted molar refractivity (Wildman–Crippen MR) is 97.6 cm³/mol. The van der Waals surface area contributed by atoms with Crippen molar-refractivity contribution in [1.29, 1.82) is 0 Å². The van der Waals surface area contributed by atoms with Crippen LogP contribution in [0.3, 0.4) is 0 Å². The van der Waals surface area contributed by atoms with Gasteiger partial charge in [0.15, 0.2) is 0 Å². The minimum atomic E-state index is -0.147. The van der Waals surface area contributed by atoms with Crippen LogP contribution in [-0.4, -0.2) is 22.7 Å². The smallest absolute Gasteiger partial charge is 0.0643 e. The van der Waals surface area contributed by atoms with Gasteiger partial charge in [0.1, 0.15) is 0 Å². The molecule has 1 unspecified atom stereocenters. The molecule has 1 nitrogen and oxygen atoms in total. The highest BCUT2D eigenvalue weighted by atomic mass is 33.1. The fourth-order valence-corrected chi connectivity index (χ4v) is 4.52. The van der Waals surface area contributed by atoms with E-state index in [2.05, 4.69) is 27.7 Å². The quantitative estimate of drug-likeness (QED) is 0.317. The normalized spacial score (nSPS) is 13.7. The second kappa shape index (κ2) is 13.3. The fraction of sp³-hybridized carbons (Fsp3) is 1.00. The molecule has 0 spiro atoms. The third-order valence-electron chi connectivity index (χ3n) is 3.27. The molecule has 0 heterocycles. The molecule has 0 aliphatic rings. The van der Waals surface area contributed by atoms with Crippen LogP contribution in [-0.2, 0) is 0 Å². The summed E-state index contributed by atoms with van der Waals surface area (Å²) >= 11 is 0. The molecule has 0 bridgehead atoms. The van der Waals surface area contributed by atoms with Crippen molar-refractivity contribution >= 4 is 21.6 Å². The average molecular weight is 321 g/mol. The number of unbranched alkanes of at least 4 members (excludes halogenated alkanes) is 7. The first-order chi connectivity index (χ1) is 9.45. The van der Waals surface area contributed by atoms with Gasteiger partial charge in [-0.2, -0.15) is 0 Å². The highest BCUT2D eigenvalue weighted by molar-refractivity contribution is 8.76. The minimum Gasteiger partial charge on any atom is -0.392 e. The monoisotopic (exact) mass is 320 g/mol. The molecule has 1 N–H and O–H groups in total. The summed E-state index contributed by atoms with van der Waals surface area (Å²) in [5, 5.41) is 9.89. The van der Waals surface area contributed by atoms with Crippen molar-refractivity contribution in [3.63, 3.8) is 0 Å². The van der Waals surface area contributed by atoms with E-state index in [0.717, 1.165) is 12.2 Å². The molecule has 0 fully saturated rings. The maximum Gasteiger partial charge on any atom is 0.0643 e. The highest BCUT2D eigenvalue weighted by Crippen LogP contribution is 2.28. The van der Waals surface area contributed by atoms with Crippen LogP contribution >= 0.6 is 21.6 Å². The Hall–Kier alpha value is 0.660. The van der Waals surface area contributed by atoms with Gasteiger partial charge in [0, 0.05) is 11.5 Å². The van der Waals surface area contributed by atoms with Gasteiger partial charge in [-0.15, -0.1) is 0 Å². The van der Waals surface area contributed by atoms with Gasteiger partial charge in [-0.1, -0.05) is 94.2 Å². The molecule has 122 valence electrons. The summed E-state index contributed by atoms with van der Waals surface area (Å²) in [5.41, 5.74) is 0.239. The third kappa shape index (κ3) is 16.7. The minimum absolute atomic E-state index is 0.147. The lowest BCUT2D eigenvalue weighted by Crippen LogP contribution is -2.19. The Kier molecular flexibility index (Phi) is 13.8. The zero-order valence-corrected chi connectivity index (χ0v) is 15.8. The molecule has 1 atom stereocenters. The number of aliphatic hydroxyl groups is 1.